The van der Waals surface area contributed by atoms with Crippen LogP contribution >= 0.6 is 11.6 Å². The lowest BCUT2D eigenvalue weighted by atomic mass is 10.1. The van der Waals surface area contributed by atoms with Crippen molar-refractivity contribution in [3.63, 3.8) is 0 Å². The highest BCUT2D eigenvalue weighted by atomic mass is 35.5. The topological polar surface area (TPSA) is 104 Å². The number of carbonyl (C=O) groups is 3. The number of benzene rings is 1. The van der Waals surface area contributed by atoms with E-state index in [1.165, 1.54) is 17.9 Å². The normalized spacial score (nSPS) is 18.6. The summed E-state index contributed by atoms with van der Waals surface area (Å²) in [4.78, 5) is 44.7. The van der Waals surface area contributed by atoms with E-state index in [0.717, 1.165) is 5.82 Å². The molecule has 0 bridgehead atoms. The Kier molecular flexibility index (Phi) is 7.78. The summed E-state index contributed by atoms with van der Waals surface area (Å²) < 4.78 is 25.3. The van der Waals surface area contributed by atoms with Gasteiger partial charge in [-0.2, -0.15) is 0 Å². The fourth-order valence-electron chi connectivity index (χ4n) is 4.07. The molecule has 2 aliphatic rings. The number of alkyl halides is 1. The van der Waals surface area contributed by atoms with Gasteiger partial charge in [-0.3, -0.25) is 9.69 Å². The Hall–Kier alpha value is -3.60. The summed E-state index contributed by atoms with van der Waals surface area (Å²) in [6.45, 7) is 5.49. The van der Waals surface area contributed by atoms with Gasteiger partial charge in [-0.25, -0.2) is 19.0 Å². The number of nitrogens with zero attached hydrogens (tertiary/aromatic N) is 4. The highest BCUT2D eigenvalue weighted by molar-refractivity contribution is 6.19. The number of pyridine rings is 1. The molecule has 1 N–H and O–H groups in total. The van der Waals surface area contributed by atoms with Crippen LogP contribution in [-0.2, 0) is 14.3 Å². The molecule has 2 atom stereocenters. The Morgan fingerprint density at radius 3 is 2.61 bits per heavy atom. The first-order valence-electron chi connectivity index (χ1n) is 11.5. The number of aromatic nitrogens is 1. The van der Waals surface area contributed by atoms with Gasteiger partial charge in [0.1, 0.15) is 17.7 Å². The highest BCUT2D eigenvalue weighted by Gasteiger charge is 2.32. The van der Waals surface area contributed by atoms with Gasteiger partial charge in [-0.15, -0.1) is 0 Å². The lowest BCUT2D eigenvalue weighted by Gasteiger charge is -2.35. The average molecular weight is 520 g/mol. The van der Waals surface area contributed by atoms with Crippen LogP contribution in [0.15, 0.2) is 36.5 Å². The van der Waals surface area contributed by atoms with Crippen molar-refractivity contribution in [3.05, 3.63) is 42.3 Å². The number of piperazine rings is 1. The van der Waals surface area contributed by atoms with E-state index in [1.807, 2.05) is 11.0 Å². The molecule has 4 rings (SSSR count). The van der Waals surface area contributed by atoms with E-state index in [-0.39, 0.29) is 19.0 Å². The van der Waals surface area contributed by atoms with Crippen LogP contribution in [0.5, 0.6) is 0 Å². The van der Waals surface area contributed by atoms with E-state index in [2.05, 4.69) is 10.3 Å². The number of ether oxygens (including phenoxy) is 2. The van der Waals surface area contributed by atoms with E-state index in [9.17, 15) is 18.8 Å². The molecule has 2 aromatic rings. The van der Waals surface area contributed by atoms with Crippen molar-refractivity contribution < 1.29 is 28.2 Å². The molecule has 36 heavy (non-hydrogen) atoms. The predicted molar refractivity (Wildman–Crippen MR) is 132 cm³/mol. The third kappa shape index (κ3) is 5.96. The van der Waals surface area contributed by atoms with Crippen LogP contribution in [0.2, 0.25) is 0 Å². The van der Waals surface area contributed by atoms with Crippen molar-refractivity contribution >= 4 is 41.2 Å². The van der Waals surface area contributed by atoms with Crippen LogP contribution < -0.4 is 15.1 Å². The second kappa shape index (κ2) is 11.0. The number of nitrogens with one attached hydrogen (secondary N) is 1. The fourth-order valence-corrected chi connectivity index (χ4v) is 4.14. The molecule has 1 unspecified atom stereocenters. The van der Waals surface area contributed by atoms with Gasteiger partial charge in [0.25, 0.3) is 0 Å². The van der Waals surface area contributed by atoms with Gasteiger partial charge in [0.05, 0.1) is 18.8 Å². The first-order valence-corrected chi connectivity index (χ1v) is 12.0. The zero-order valence-electron chi connectivity index (χ0n) is 19.9. The van der Waals surface area contributed by atoms with E-state index < -0.39 is 29.7 Å². The summed E-state index contributed by atoms with van der Waals surface area (Å²) in [5.74, 6) is 0.00347. The Balaban J connectivity index is 1.38. The molecule has 2 fully saturated rings. The van der Waals surface area contributed by atoms with Crippen LogP contribution in [0.4, 0.5) is 25.5 Å². The van der Waals surface area contributed by atoms with Gasteiger partial charge in [-0.1, -0.05) is 11.6 Å². The molecule has 0 aliphatic carbocycles. The molecule has 3 amide bonds. The first-order chi connectivity index (χ1) is 17.2. The number of hydrogen-bond acceptors (Lipinski definition) is 7. The van der Waals surface area contributed by atoms with Crippen molar-refractivity contribution in [3.8, 4) is 11.1 Å². The largest absolute Gasteiger partial charge is 0.442 e. The molecule has 0 saturated carbocycles. The van der Waals surface area contributed by atoms with Crippen LogP contribution in [0, 0.1) is 5.82 Å². The van der Waals surface area contributed by atoms with Crippen molar-refractivity contribution in [2.45, 2.75) is 25.5 Å². The number of hydrogen-bond donors (Lipinski definition) is 1. The van der Waals surface area contributed by atoms with Crippen LogP contribution in [0.25, 0.3) is 11.1 Å². The molecular weight excluding hydrogens is 493 g/mol. The van der Waals surface area contributed by atoms with Gasteiger partial charge in [0.2, 0.25) is 5.91 Å². The number of rotatable bonds is 6. The van der Waals surface area contributed by atoms with E-state index in [4.69, 9.17) is 21.1 Å². The molecule has 3 heterocycles. The SMILES string of the molecule is CC(=O)NC[C@H]1CN(c2ccc(-c3ccc(N4CCN(C(=O)OC(C)Cl)CC4)nc3)c(F)c2)C(=O)O1. The smallest absolute Gasteiger partial charge is 0.414 e. The summed E-state index contributed by atoms with van der Waals surface area (Å²) in [6, 6.07) is 8.11. The summed E-state index contributed by atoms with van der Waals surface area (Å²) in [5.41, 5.74) is 0.628. The quantitative estimate of drug-likeness (QED) is 0.584. The molecule has 2 aliphatic heterocycles. The second-order valence-corrected chi connectivity index (χ2v) is 9.14. The van der Waals surface area contributed by atoms with Crippen molar-refractivity contribution in [2.75, 3.05) is 49.1 Å². The lowest BCUT2D eigenvalue weighted by Crippen LogP contribution is -2.49. The minimum atomic E-state index is -0.685. The Morgan fingerprint density at radius 1 is 1.25 bits per heavy atom. The maximum absolute atomic E-state index is 15.0. The zero-order chi connectivity index (χ0) is 25.8. The Morgan fingerprint density at radius 2 is 2.00 bits per heavy atom. The number of halogens is 2. The Labute approximate surface area is 212 Å². The summed E-state index contributed by atoms with van der Waals surface area (Å²) in [6.07, 6.45) is 0.0627. The number of anilines is 2. The van der Waals surface area contributed by atoms with Crippen LogP contribution in [0.3, 0.4) is 0 Å². The molecular formula is C24H27ClFN5O5. The van der Waals surface area contributed by atoms with Gasteiger partial charge in [0, 0.05) is 50.4 Å². The summed E-state index contributed by atoms with van der Waals surface area (Å²) >= 11 is 5.72. The molecule has 0 radical (unpaired) electrons. The maximum atomic E-state index is 15.0. The third-order valence-electron chi connectivity index (χ3n) is 5.90. The number of cyclic esters (lactones) is 1. The third-order valence-corrected chi connectivity index (χ3v) is 5.99. The molecule has 12 heteroatoms. The molecule has 1 aromatic heterocycles. The molecule has 192 valence electrons. The van der Waals surface area contributed by atoms with E-state index in [1.54, 1.807) is 36.2 Å². The Bertz CT molecular complexity index is 1120. The molecule has 0 spiro atoms. The standard InChI is InChI=1S/C24H27ClFN5O5/c1-15(25)35-23(33)30-9-7-29(8-10-30)22-6-3-17(12-28-22)20-5-4-18(11-21(20)26)31-14-19(36-24(31)34)13-27-16(2)32/h3-6,11-12,15,19H,7-10,13-14H2,1-2H3,(H,27,32)/t15?,19-/m0/s1. The minimum absolute atomic E-state index is 0.196. The van der Waals surface area contributed by atoms with Gasteiger partial charge < -0.3 is 24.6 Å². The van der Waals surface area contributed by atoms with Crippen LogP contribution in [0.1, 0.15) is 13.8 Å². The minimum Gasteiger partial charge on any atom is -0.442 e. The lowest BCUT2D eigenvalue weighted by molar-refractivity contribution is -0.119. The summed E-state index contributed by atoms with van der Waals surface area (Å²) in [7, 11) is 0. The van der Waals surface area contributed by atoms with Crippen molar-refractivity contribution in [2.24, 2.45) is 0 Å². The average Bonchev–Trinajstić information content (AvgIpc) is 3.23. The van der Waals surface area contributed by atoms with Crippen molar-refractivity contribution in [1.82, 2.24) is 15.2 Å². The van der Waals surface area contributed by atoms with Crippen molar-refractivity contribution in [1.29, 1.82) is 0 Å². The highest BCUT2D eigenvalue weighted by Crippen LogP contribution is 2.29. The number of amides is 3. The monoisotopic (exact) mass is 519 g/mol. The second-order valence-electron chi connectivity index (χ2n) is 8.52. The fraction of sp³-hybridized carbons (Fsp3) is 0.417. The van der Waals surface area contributed by atoms with Crippen LogP contribution in [-0.4, -0.2) is 78.9 Å². The summed E-state index contributed by atoms with van der Waals surface area (Å²) in [5, 5.41) is 2.61. The molecule has 10 nitrogen and oxygen atoms in total. The predicted octanol–water partition coefficient (Wildman–Crippen LogP) is 3.19. The number of carbonyl (C=O) groups excluding carboxylic acids is 3. The first kappa shape index (κ1) is 25.5. The maximum Gasteiger partial charge on any atom is 0.414 e. The molecule has 1 aromatic carbocycles. The van der Waals surface area contributed by atoms with Gasteiger partial charge in [0.15, 0.2) is 5.56 Å². The van der Waals surface area contributed by atoms with E-state index in [0.29, 0.717) is 43.0 Å². The van der Waals surface area contributed by atoms with Gasteiger partial charge in [-0.05, 0) is 37.3 Å². The van der Waals surface area contributed by atoms with Gasteiger partial charge >= 0.3 is 12.2 Å². The molecule has 2 saturated heterocycles. The zero-order valence-corrected chi connectivity index (χ0v) is 20.7. The van der Waals surface area contributed by atoms with E-state index >= 15 is 0 Å².